The number of fused-ring (bicyclic) bond motifs is 2. The first-order valence-electron chi connectivity index (χ1n) is 11.9. The smallest absolute Gasteiger partial charge is 0.243 e. The molecule has 2 aliphatic rings. The summed E-state index contributed by atoms with van der Waals surface area (Å²) in [5.41, 5.74) is 1.44. The van der Waals surface area contributed by atoms with Crippen molar-refractivity contribution >= 4 is 40.1 Å². The number of nitrogens with one attached hydrogen (secondary N) is 1. The number of hydroxylamine groups is 1. The van der Waals surface area contributed by atoms with E-state index in [1.165, 1.54) is 13.3 Å². The fourth-order valence-electron chi connectivity index (χ4n) is 4.33. The van der Waals surface area contributed by atoms with Crippen molar-refractivity contribution in [3.63, 3.8) is 0 Å². The van der Waals surface area contributed by atoms with Crippen molar-refractivity contribution in [1.29, 1.82) is 0 Å². The number of nitrogens with zero attached hydrogens (tertiary/aromatic N) is 4. The summed E-state index contributed by atoms with van der Waals surface area (Å²) in [6.07, 6.45) is 6.36. The highest BCUT2D eigenvalue weighted by Gasteiger charge is 2.29. The van der Waals surface area contributed by atoms with E-state index in [-0.39, 0.29) is 24.9 Å². The van der Waals surface area contributed by atoms with Gasteiger partial charge in [0, 0.05) is 23.0 Å². The van der Waals surface area contributed by atoms with Gasteiger partial charge in [0.1, 0.15) is 24.8 Å². The van der Waals surface area contributed by atoms with Crippen LogP contribution in [0, 0.1) is 0 Å². The van der Waals surface area contributed by atoms with Crippen molar-refractivity contribution in [1.82, 2.24) is 20.2 Å². The molecule has 2 atom stereocenters. The van der Waals surface area contributed by atoms with Gasteiger partial charge >= 0.3 is 0 Å². The van der Waals surface area contributed by atoms with E-state index in [9.17, 15) is 14.7 Å². The summed E-state index contributed by atoms with van der Waals surface area (Å²) in [4.78, 5) is 41.2. The minimum absolute atomic E-state index is 0.196. The van der Waals surface area contributed by atoms with Crippen LogP contribution in [0.2, 0.25) is 0 Å². The van der Waals surface area contributed by atoms with Crippen LogP contribution in [0.25, 0.3) is 10.9 Å². The normalized spacial score (nSPS) is 22.5. The number of hydrogen-bond acceptors (Lipinski definition) is 8. The lowest BCUT2D eigenvalue weighted by atomic mass is 9.96. The number of halogens is 1. The highest BCUT2D eigenvalue weighted by Crippen LogP contribution is 2.34. The predicted octanol–water partition coefficient (Wildman–Crippen LogP) is 3.01. The standard InChI is InChI=1S/C25H30ClN5O5/c1-16(32)30-14-23(33)27-13-17-11-18(26)6-9-22(17)31(35-2)25-20-12-19(7-8-21(20)28-15-29-25)36-10-4-3-5-24(30)34/h7-8,11-13,15-16,22,32H,3-6,9-10,14H2,1-2H3,(H,27,33)/b17-13+. The SMILES string of the molecule is CON1c2ncnc3ccc(cc23)OCCCCC(=O)N(C(C)O)CC(=O)N/C=C2\C=C(Cl)CCC21. The second kappa shape index (κ2) is 11.7. The van der Waals surface area contributed by atoms with Crippen molar-refractivity contribution in [3.05, 3.63) is 47.4 Å². The van der Waals surface area contributed by atoms with Crippen LogP contribution in [-0.4, -0.2) is 64.3 Å². The number of ether oxygens (including phenoxy) is 1. The predicted molar refractivity (Wildman–Crippen MR) is 135 cm³/mol. The van der Waals surface area contributed by atoms with Gasteiger partial charge in [0.15, 0.2) is 5.82 Å². The molecule has 1 aromatic heterocycles. The van der Waals surface area contributed by atoms with Gasteiger partial charge in [-0.3, -0.25) is 14.4 Å². The van der Waals surface area contributed by atoms with Crippen LogP contribution in [-0.2, 0) is 14.4 Å². The lowest BCUT2D eigenvalue weighted by Crippen LogP contribution is -2.45. The number of allylic oxidation sites excluding steroid dienone is 1. The van der Waals surface area contributed by atoms with Crippen LogP contribution in [0.3, 0.4) is 0 Å². The first-order chi connectivity index (χ1) is 17.4. The Kier molecular flexibility index (Phi) is 8.40. The number of aromatic nitrogens is 2. The van der Waals surface area contributed by atoms with Crippen molar-refractivity contribution < 1.29 is 24.3 Å². The molecule has 0 fully saturated rings. The maximum atomic E-state index is 12.7. The van der Waals surface area contributed by atoms with Gasteiger partial charge in [0.2, 0.25) is 11.8 Å². The average Bonchev–Trinajstić information content (AvgIpc) is 2.86. The summed E-state index contributed by atoms with van der Waals surface area (Å²) in [5.74, 6) is 0.484. The zero-order chi connectivity index (χ0) is 25.7. The van der Waals surface area contributed by atoms with E-state index < -0.39 is 12.1 Å². The lowest BCUT2D eigenvalue weighted by molar-refractivity contribution is -0.144. The van der Waals surface area contributed by atoms with Crippen LogP contribution in [0.5, 0.6) is 5.75 Å². The molecule has 1 aliphatic carbocycles. The maximum absolute atomic E-state index is 12.7. The Morgan fingerprint density at radius 2 is 2.08 bits per heavy atom. The van der Waals surface area contributed by atoms with Gasteiger partial charge in [0.05, 0.1) is 25.3 Å². The number of aliphatic hydroxyl groups is 1. The molecule has 2 unspecified atom stereocenters. The molecular weight excluding hydrogens is 486 g/mol. The topological polar surface area (TPSA) is 117 Å². The van der Waals surface area contributed by atoms with E-state index in [0.29, 0.717) is 54.5 Å². The number of carbonyl (C=O) groups is 2. The average molecular weight is 516 g/mol. The van der Waals surface area contributed by atoms with Crippen LogP contribution in [0.1, 0.15) is 39.0 Å². The van der Waals surface area contributed by atoms with Gasteiger partial charge < -0.3 is 20.1 Å². The number of hydrogen-bond donors (Lipinski definition) is 2. The Hall–Kier alpha value is -3.21. The van der Waals surface area contributed by atoms with Gasteiger partial charge in [-0.2, -0.15) is 0 Å². The maximum Gasteiger partial charge on any atom is 0.243 e. The number of amides is 2. The van der Waals surface area contributed by atoms with Gasteiger partial charge in [0.25, 0.3) is 0 Å². The van der Waals surface area contributed by atoms with E-state index in [1.54, 1.807) is 24.4 Å². The highest BCUT2D eigenvalue weighted by molar-refractivity contribution is 6.29. The fourth-order valence-corrected chi connectivity index (χ4v) is 4.57. The molecule has 2 aromatic rings. The third kappa shape index (κ3) is 5.95. The van der Waals surface area contributed by atoms with Crippen molar-refractivity contribution in [2.45, 2.75) is 51.3 Å². The monoisotopic (exact) mass is 515 g/mol. The van der Waals surface area contributed by atoms with E-state index in [2.05, 4.69) is 15.3 Å². The van der Waals surface area contributed by atoms with Gasteiger partial charge in [-0.15, -0.1) is 0 Å². The molecule has 2 N–H and O–H groups in total. The molecule has 11 heteroatoms. The Morgan fingerprint density at radius 1 is 1.25 bits per heavy atom. The van der Waals surface area contributed by atoms with Crippen LogP contribution < -0.4 is 15.1 Å². The summed E-state index contributed by atoms with van der Waals surface area (Å²) in [6, 6.07) is 5.27. The second-order valence-electron chi connectivity index (χ2n) is 8.70. The van der Waals surface area contributed by atoms with E-state index >= 15 is 0 Å². The van der Waals surface area contributed by atoms with E-state index in [1.807, 2.05) is 18.2 Å². The van der Waals surface area contributed by atoms with Gasteiger partial charge in [-0.25, -0.2) is 15.0 Å². The number of rotatable bonds is 2. The van der Waals surface area contributed by atoms with E-state index in [4.69, 9.17) is 21.2 Å². The largest absolute Gasteiger partial charge is 0.494 e. The minimum Gasteiger partial charge on any atom is -0.494 e. The fraction of sp³-hybridized carbons (Fsp3) is 0.440. The molecule has 2 amide bonds. The third-order valence-corrected chi connectivity index (χ3v) is 6.48. The summed E-state index contributed by atoms with van der Waals surface area (Å²) in [5, 5.41) is 15.9. The van der Waals surface area contributed by atoms with Crippen molar-refractivity contribution in [2.24, 2.45) is 0 Å². The quantitative estimate of drug-likeness (QED) is 0.627. The third-order valence-electron chi connectivity index (χ3n) is 6.18. The summed E-state index contributed by atoms with van der Waals surface area (Å²) >= 11 is 6.35. The van der Waals surface area contributed by atoms with Crippen LogP contribution >= 0.6 is 11.6 Å². The molecule has 0 saturated carbocycles. The molecule has 2 bridgehead atoms. The summed E-state index contributed by atoms with van der Waals surface area (Å²) < 4.78 is 5.94. The van der Waals surface area contributed by atoms with Crippen LogP contribution in [0.4, 0.5) is 5.82 Å². The lowest BCUT2D eigenvalue weighted by Gasteiger charge is -2.34. The summed E-state index contributed by atoms with van der Waals surface area (Å²) in [6.45, 7) is 1.60. The molecule has 0 saturated heterocycles. The molecule has 4 rings (SSSR count). The molecule has 36 heavy (non-hydrogen) atoms. The van der Waals surface area contributed by atoms with Crippen molar-refractivity contribution in [3.8, 4) is 5.75 Å². The Morgan fingerprint density at radius 3 is 2.86 bits per heavy atom. The zero-order valence-corrected chi connectivity index (χ0v) is 21.1. The molecule has 1 aromatic carbocycles. The second-order valence-corrected chi connectivity index (χ2v) is 9.19. The Labute approximate surface area is 214 Å². The summed E-state index contributed by atoms with van der Waals surface area (Å²) in [7, 11) is 1.56. The van der Waals surface area contributed by atoms with Crippen LogP contribution in [0.15, 0.2) is 47.4 Å². The molecule has 10 nitrogen and oxygen atoms in total. The molecule has 2 heterocycles. The highest BCUT2D eigenvalue weighted by atomic mass is 35.5. The molecule has 192 valence electrons. The molecule has 0 radical (unpaired) electrons. The zero-order valence-electron chi connectivity index (χ0n) is 20.3. The van der Waals surface area contributed by atoms with E-state index in [0.717, 1.165) is 15.8 Å². The van der Waals surface area contributed by atoms with Gasteiger partial charge in [-0.05, 0) is 62.5 Å². The number of carbonyl (C=O) groups excluding carboxylic acids is 2. The van der Waals surface area contributed by atoms with Gasteiger partial charge in [-0.1, -0.05) is 11.6 Å². The first-order valence-corrected chi connectivity index (χ1v) is 12.3. The molecular formula is C25H30ClN5O5. The Bertz CT molecular complexity index is 1180. The molecule has 1 aliphatic heterocycles. The Balaban J connectivity index is 1.75. The number of benzene rings is 1. The number of anilines is 1. The minimum atomic E-state index is -1.10. The number of aliphatic hydroxyl groups excluding tert-OH is 1. The first kappa shape index (κ1) is 25.9. The molecule has 0 spiro atoms. The van der Waals surface area contributed by atoms with Crippen molar-refractivity contribution in [2.75, 3.05) is 25.3 Å².